The largest absolute Gasteiger partial charge is 0.311 e. The number of hydrogen-bond donors (Lipinski definition) is 1. The molecule has 0 bridgehead atoms. The Morgan fingerprint density at radius 2 is 2.18 bits per heavy atom. The monoisotopic (exact) mass is 273 g/mol. The number of halogens is 2. The van der Waals surface area contributed by atoms with Crippen LogP contribution in [0.15, 0.2) is 18.2 Å². The lowest BCUT2D eigenvalue weighted by Gasteiger charge is -2.40. The Morgan fingerprint density at radius 3 is 2.71 bits per heavy atom. The summed E-state index contributed by atoms with van der Waals surface area (Å²) in [6, 6.07) is 4.68. The quantitative estimate of drug-likeness (QED) is 0.874. The predicted molar refractivity (Wildman–Crippen MR) is 73.2 cm³/mol. The summed E-state index contributed by atoms with van der Waals surface area (Å²) >= 11 is 7.75. The van der Waals surface area contributed by atoms with E-state index in [2.05, 4.69) is 11.6 Å². The van der Waals surface area contributed by atoms with Gasteiger partial charge in [-0.15, -0.1) is 0 Å². The van der Waals surface area contributed by atoms with Crippen LogP contribution in [0.3, 0.4) is 0 Å². The third kappa shape index (κ3) is 3.36. The van der Waals surface area contributed by atoms with Gasteiger partial charge in [-0.25, -0.2) is 4.39 Å². The number of nitrogens with one attached hydrogen (secondary N) is 1. The normalized spacial score (nSPS) is 17.8. The van der Waals surface area contributed by atoms with Crippen molar-refractivity contribution in [1.29, 1.82) is 0 Å². The highest BCUT2D eigenvalue weighted by atomic mass is 35.5. The van der Waals surface area contributed by atoms with Crippen LogP contribution in [0.4, 0.5) is 4.39 Å². The van der Waals surface area contributed by atoms with Gasteiger partial charge in [0.25, 0.3) is 0 Å². The molecule has 0 radical (unpaired) electrons. The van der Waals surface area contributed by atoms with E-state index in [-0.39, 0.29) is 5.82 Å². The van der Waals surface area contributed by atoms with Crippen LogP contribution in [0.5, 0.6) is 0 Å². The van der Waals surface area contributed by atoms with Crippen molar-refractivity contribution in [2.24, 2.45) is 0 Å². The molecule has 1 aliphatic rings. The minimum absolute atomic E-state index is 0.266. The lowest BCUT2D eigenvalue weighted by molar-refractivity contribution is 0.345. The summed E-state index contributed by atoms with van der Waals surface area (Å²) in [7, 11) is 0. The maximum absolute atomic E-state index is 13.1. The Morgan fingerprint density at radius 1 is 1.41 bits per heavy atom. The van der Waals surface area contributed by atoms with E-state index >= 15 is 0 Å². The van der Waals surface area contributed by atoms with Gasteiger partial charge in [0.1, 0.15) is 5.82 Å². The number of hydrogen-bond acceptors (Lipinski definition) is 2. The minimum Gasteiger partial charge on any atom is -0.311 e. The van der Waals surface area contributed by atoms with Crippen molar-refractivity contribution >= 4 is 23.4 Å². The lowest BCUT2D eigenvalue weighted by atomic mass is 9.84. The molecule has 2 rings (SSSR count). The summed E-state index contributed by atoms with van der Waals surface area (Å²) in [6.07, 6.45) is 6.06. The zero-order valence-corrected chi connectivity index (χ0v) is 11.5. The summed E-state index contributed by atoms with van der Waals surface area (Å²) in [4.78, 5) is 0. The molecule has 1 saturated carbocycles. The molecule has 0 saturated heterocycles. The summed E-state index contributed by atoms with van der Waals surface area (Å²) in [5, 5.41) is 3.87. The Labute approximate surface area is 111 Å². The SMILES string of the molecule is CSC1(CNCc2cc(F)cc(Cl)c2)CCC1. The van der Waals surface area contributed by atoms with Gasteiger partial charge in [-0.2, -0.15) is 11.8 Å². The van der Waals surface area contributed by atoms with Crippen molar-refractivity contribution < 1.29 is 4.39 Å². The molecule has 1 N–H and O–H groups in total. The summed E-state index contributed by atoms with van der Waals surface area (Å²) in [5.74, 6) is -0.266. The van der Waals surface area contributed by atoms with E-state index < -0.39 is 0 Å². The van der Waals surface area contributed by atoms with Gasteiger partial charge in [-0.3, -0.25) is 0 Å². The number of rotatable bonds is 5. The van der Waals surface area contributed by atoms with Gasteiger partial charge in [-0.1, -0.05) is 18.0 Å². The van der Waals surface area contributed by atoms with Crippen LogP contribution in [0.1, 0.15) is 24.8 Å². The molecule has 0 aliphatic heterocycles. The van der Waals surface area contributed by atoms with Crippen molar-refractivity contribution in [3.63, 3.8) is 0 Å². The molecule has 0 spiro atoms. The minimum atomic E-state index is -0.266. The number of benzene rings is 1. The van der Waals surface area contributed by atoms with Crippen molar-refractivity contribution in [1.82, 2.24) is 5.32 Å². The van der Waals surface area contributed by atoms with Crippen LogP contribution in [0.2, 0.25) is 5.02 Å². The highest BCUT2D eigenvalue weighted by Crippen LogP contribution is 2.42. The Balaban J connectivity index is 1.85. The maximum Gasteiger partial charge on any atom is 0.125 e. The summed E-state index contributed by atoms with van der Waals surface area (Å²) in [6.45, 7) is 1.67. The molecule has 1 nitrogen and oxygen atoms in total. The molecule has 4 heteroatoms. The van der Waals surface area contributed by atoms with Crippen molar-refractivity contribution in [2.75, 3.05) is 12.8 Å². The standard InChI is InChI=1S/C13H17ClFNS/c1-17-13(3-2-4-13)9-16-8-10-5-11(14)7-12(15)6-10/h5-7,16H,2-4,8-9H2,1H3. The fourth-order valence-electron chi connectivity index (χ4n) is 2.17. The Kier molecular flexibility index (Phi) is 4.34. The molecule has 1 fully saturated rings. The number of thioether (sulfide) groups is 1. The molecule has 0 atom stereocenters. The van der Waals surface area contributed by atoms with E-state index in [1.54, 1.807) is 0 Å². The van der Waals surface area contributed by atoms with Crippen LogP contribution in [-0.4, -0.2) is 17.5 Å². The second-order valence-corrected chi connectivity index (χ2v) is 6.33. The third-order valence-electron chi connectivity index (χ3n) is 3.40. The van der Waals surface area contributed by atoms with Gasteiger partial charge in [0.15, 0.2) is 0 Å². The smallest absolute Gasteiger partial charge is 0.125 e. The van der Waals surface area contributed by atoms with Crippen molar-refractivity contribution in [2.45, 2.75) is 30.6 Å². The van der Waals surface area contributed by atoms with Crippen LogP contribution in [0.25, 0.3) is 0 Å². The average molecular weight is 274 g/mol. The zero-order valence-electron chi connectivity index (χ0n) is 9.93. The van der Waals surface area contributed by atoms with E-state index in [4.69, 9.17) is 11.6 Å². The van der Waals surface area contributed by atoms with Crippen LogP contribution < -0.4 is 5.32 Å². The predicted octanol–water partition coefficient (Wildman–Crippen LogP) is 3.85. The molecular formula is C13H17ClFNS. The van der Waals surface area contributed by atoms with E-state index in [0.717, 1.165) is 12.1 Å². The van der Waals surface area contributed by atoms with Gasteiger partial charge < -0.3 is 5.32 Å². The first-order chi connectivity index (χ1) is 8.13. The average Bonchev–Trinajstić information content (AvgIpc) is 2.20. The molecule has 1 aromatic carbocycles. The van der Waals surface area contributed by atoms with Crippen LogP contribution in [0, 0.1) is 5.82 Å². The molecular weight excluding hydrogens is 257 g/mol. The van der Waals surface area contributed by atoms with E-state index in [9.17, 15) is 4.39 Å². The van der Waals surface area contributed by atoms with Crippen LogP contribution >= 0.6 is 23.4 Å². The maximum atomic E-state index is 13.1. The Bertz CT molecular complexity index is 367. The fourth-order valence-corrected chi connectivity index (χ4v) is 3.36. The first kappa shape index (κ1) is 13.2. The third-order valence-corrected chi connectivity index (χ3v) is 5.03. The van der Waals surface area contributed by atoms with Gasteiger partial charge in [0.05, 0.1) is 0 Å². The lowest BCUT2D eigenvalue weighted by Crippen LogP contribution is -2.43. The summed E-state index contributed by atoms with van der Waals surface area (Å²) < 4.78 is 13.5. The zero-order chi connectivity index (χ0) is 12.3. The molecule has 1 aliphatic carbocycles. The van der Waals surface area contributed by atoms with E-state index in [1.807, 2.05) is 17.8 Å². The van der Waals surface area contributed by atoms with Gasteiger partial charge >= 0.3 is 0 Å². The highest BCUT2D eigenvalue weighted by molar-refractivity contribution is 8.00. The molecule has 0 unspecified atom stereocenters. The molecule has 17 heavy (non-hydrogen) atoms. The van der Waals surface area contributed by atoms with Gasteiger partial charge in [0, 0.05) is 22.9 Å². The molecule has 1 aromatic rings. The topological polar surface area (TPSA) is 12.0 Å². The van der Waals surface area contributed by atoms with Gasteiger partial charge in [-0.05, 0) is 42.9 Å². The summed E-state index contributed by atoms with van der Waals surface area (Å²) in [5.41, 5.74) is 0.908. The van der Waals surface area contributed by atoms with Gasteiger partial charge in [0.2, 0.25) is 0 Å². The first-order valence-corrected chi connectivity index (χ1v) is 7.45. The van der Waals surface area contributed by atoms with Crippen molar-refractivity contribution in [3.8, 4) is 0 Å². The molecule has 0 heterocycles. The van der Waals surface area contributed by atoms with E-state index in [0.29, 0.717) is 16.3 Å². The molecule has 94 valence electrons. The fraction of sp³-hybridized carbons (Fsp3) is 0.538. The molecule has 0 amide bonds. The highest BCUT2D eigenvalue weighted by Gasteiger charge is 2.35. The second-order valence-electron chi connectivity index (χ2n) is 4.62. The second kappa shape index (κ2) is 5.59. The Hall–Kier alpha value is -0.250. The van der Waals surface area contributed by atoms with Crippen molar-refractivity contribution in [3.05, 3.63) is 34.6 Å². The molecule has 0 aromatic heterocycles. The first-order valence-electron chi connectivity index (χ1n) is 5.84. The van der Waals surface area contributed by atoms with Crippen LogP contribution in [-0.2, 0) is 6.54 Å². The van der Waals surface area contributed by atoms with E-state index in [1.165, 1.54) is 31.4 Å².